The van der Waals surface area contributed by atoms with Crippen LogP contribution < -0.4 is 4.74 Å². The molecule has 6 heteroatoms. The summed E-state index contributed by atoms with van der Waals surface area (Å²) in [5.74, 6) is 0.392. The van der Waals surface area contributed by atoms with Crippen LogP contribution in [-0.4, -0.2) is 52.1 Å². The maximum absolute atomic E-state index is 12.9. The van der Waals surface area contributed by atoms with Gasteiger partial charge in [-0.15, -0.1) is 0 Å². The Kier molecular flexibility index (Phi) is 5.33. The Morgan fingerprint density at radius 3 is 2.79 bits per heavy atom. The Labute approximate surface area is 146 Å². The minimum atomic E-state index is -1.03. The molecule has 1 aliphatic heterocycles. The number of carbonyl (C=O) groups is 2. The molecule has 0 aromatic heterocycles. The third-order valence-electron chi connectivity index (χ3n) is 4.74. The van der Waals surface area contributed by atoms with E-state index in [1.807, 2.05) is 16.7 Å². The standard InChI is InChI=1S/C18H23NO4S/c20-16(21)12-23-15-6-4-5-14(11-15)17(22)19-9-10-24-18(13-19)7-2-1-3-8-18/h4-6,11H,1-3,7-10,12-13H2,(H,20,21). The van der Waals surface area contributed by atoms with Gasteiger partial charge in [0.05, 0.1) is 0 Å². The molecule has 1 aromatic rings. The van der Waals surface area contributed by atoms with Crippen LogP contribution in [0.25, 0.3) is 0 Å². The minimum Gasteiger partial charge on any atom is -0.482 e. The van der Waals surface area contributed by atoms with Crippen LogP contribution in [0.15, 0.2) is 24.3 Å². The van der Waals surface area contributed by atoms with Crippen molar-refractivity contribution in [3.8, 4) is 5.75 Å². The van der Waals surface area contributed by atoms with Crippen LogP contribution in [0.4, 0.5) is 0 Å². The monoisotopic (exact) mass is 349 g/mol. The van der Waals surface area contributed by atoms with Gasteiger partial charge in [-0.2, -0.15) is 11.8 Å². The molecule has 0 atom stereocenters. The lowest BCUT2D eigenvalue weighted by molar-refractivity contribution is -0.139. The van der Waals surface area contributed by atoms with E-state index in [4.69, 9.17) is 9.84 Å². The summed E-state index contributed by atoms with van der Waals surface area (Å²) in [7, 11) is 0. The quantitative estimate of drug-likeness (QED) is 0.905. The number of carboxylic acid groups (broad SMARTS) is 1. The summed E-state index contributed by atoms with van der Waals surface area (Å²) < 4.78 is 5.42. The van der Waals surface area contributed by atoms with Crippen molar-refractivity contribution in [1.29, 1.82) is 0 Å². The van der Waals surface area contributed by atoms with E-state index in [-0.39, 0.29) is 10.7 Å². The summed E-state index contributed by atoms with van der Waals surface area (Å²) in [6, 6.07) is 6.82. The van der Waals surface area contributed by atoms with E-state index in [2.05, 4.69) is 0 Å². The van der Waals surface area contributed by atoms with Gasteiger partial charge in [0.25, 0.3) is 5.91 Å². The van der Waals surface area contributed by atoms with Crippen molar-refractivity contribution >= 4 is 23.6 Å². The normalized spacial score (nSPS) is 19.9. The van der Waals surface area contributed by atoms with Gasteiger partial charge < -0.3 is 14.7 Å². The van der Waals surface area contributed by atoms with Crippen LogP contribution in [-0.2, 0) is 4.79 Å². The number of benzene rings is 1. The van der Waals surface area contributed by atoms with Crippen LogP contribution in [0.3, 0.4) is 0 Å². The van der Waals surface area contributed by atoms with Crippen molar-refractivity contribution in [3.05, 3.63) is 29.8 Å². The highest BCUT2D eigenvalue weighted by Gasteiger charge is 2.38. The first-order valence-electron chi connectivity index (χ1n) is 8.46. The molecule has 1 saturated carbocycles. The van der Waals surface area contributed by atoms with Crippen molar-refractivity contribution in [1.82, 2.24) is 4.90 Å². The molecular formula is C18H23NO4S. The molecular weight excluding hydrogens is 326 g/mol. The molecule has 1 saturated heterocycles. The summed E-state index contributed by atoms with van der Waals surface area (Å²) in [4.78, 5) is 25.4. The van der Waals surface area contributed by atoms with E-state index >= 15 is 0 Å². The van der Waals surface area contributed by atoms with E-state index in [1.165, 1.54) is 32.1 Å². The van der Waals surface area contributed by atoms with E-state index in [0.29, 0.717) is 11.3 Å². The predicted octanol–water partition coefficient (Wildman–Crippen LogP) is 3.04. The van der Waals surface area contributed by atoms with Gasteiger partial charge in [-0.05, 0) is 31.0 Å². The molecule has 1 N–H and O–H groups in total. The maximum Gasteiger partial charge on any atom is 0.341 e. The number of rotatable bonds is 4. The van der Waals surface area contributed by atoms with Crippen molar-refractivity contribution in [3.63, 3.8) is 0 Å². The zero-order valence-electron chi connectivity index (χ0n) is 13.7. The highest BCUT2D eigenvalue weighted by Crippen LogP contribution is 2.43. The molecule has 1 aromatic carbocycles. The average molecular weight is 349 g/mol. The molecule has 1 spiro atoms. The molecule has 5 nitrogen and oxygen atoms in total. The fraction of sp³-hybridized carbons (Fsp3) is 0.556. The second-order valence-electron chi connectivity index (χ2n) is 6.53. The molecule has 0 radical (unpaired) electrons. The number of amides is 1. The highest BCUT2D eigenvalue weighted by atomic mass is 32.2. The number of ether oxygens (including phenoxy) is 1. The van der Waals surface area contributed by atoms with Crippen LogP contribution >= 0.6 is 11.8 Å². The lowest BCUT2D eigenvalue weighted by Crippen LogP contribution is -2.49. The number of hydrogen-bond donors (Lipinski definition) is 1. The van der Waals surface area contributed by atoms with E-state index in [0.717, 1.165) is 18.8 Å². The first kappa shape index (κ1) is 17.1. The van der Waals surface area contributed by atoms with Gasteiger partial charge in [-0.1, -0.05) is 25.3 Å². The molecule has 1 amide bonds. The smallest absolute Gasteiger partial charge is 0.341 e. The summed E-state index contributed by atoms with van der Waals surface area (Å²) in [6.07, 6.45) is 6.22. The third-order valence-corrected chi connectivity index (χ3v) is 6.28. The number of carboxylic acids is 1. The molecule has 0 bridgehead atoms. The Morgan fingerprint density at radius 1 is 1.25 bits per heavy atom. The second-order valence-corrected chi connectivity index (χ2v) is 8.09. The minimum absolute atomic E-state index is 0.0148. The molecule has 1 aliphatic carbocycles. The van der Waals surface area contributed by atoms with Crippen LogP contribution in [0.5, 0.6) is 5.75 Å². The Morgan fingerprint density at radius 2 is 2.04 bits per heavy atom. The van der Waals surface area contributed by atoms with Crippen molar-refractivity contribution in [2.75, 3.05) is 25.4 Å². The zero-order valence-corrected chi connectivity index (χ0v) is 14.5. The highest BCUT2D eigenvalue weighted by molar-refractivity contribution is 8.00. The molecule has 2 aliphatic rings. The average Bonchev–Trinajstić information content (AvgIpc) is 2.60. The Hall–Kier alpha value is -1.69. The molecule has 1 heterocycles. The first-order valence-corrected chi connectivity index (χ1v) is 9.44. The fourth-order valence-corrected chi connectivity index (χ4v) is 5.13. The number of nitrogens with zero attached hydrogens (tertiary/aromatic N) is 1. The number of carbonyl (C=O) groups excluding carboxylic acids is 1. The van der Waals surface area contributed by atoms with Gasteiger partial charge in [0.2, 0.25) is 0 Å². The van der Waals surface area contributed by atoms with Crippen molar-refractivity contribution in [2.24, 2.45) is 0 Å². The van der Waals surface area contributed by atoms with Crippen molar-refractivity contribution in [2.45, 2.75) is 36.9 Å². The lowest BCUT2D eigenvalue weighted by atomic mass is 9.87. The van der Waals surface area contributed by atoms with Gasteiger partial charge in [-0.25, -0.2) is 4.79 Å². The van der Waals surface area contributed by atoms with E-state index < -0.39 is 12.6 Å². The number of aliphatic carboxylic acids is 1. The molecule has 3 rings (SSSR count). The van der Waals surface area contributed by atoms with Crippen LogP contribution in [0.1, 0.15) is 42.5 Å². The summed E-state index contributed by atoms with van der Waals surface area (Å²) >= 11 is 2.03. The number of hydrogen-bond acceptors (Lipinski definition) is 4. The largest absolute Gasteiger partial charge is 0.482 e. The first-order chi connectivity index (χ1) is 11.6. The molecule has 130 valence electrons. The lowest BCUT2D eigenvalue weighted by Gasteiger charge is -2.44. The van der Waals surface area contributed by atoms with Gasteiger partial charge in [0.15, 0.2) is 6.61 Å². The van der Waals surface area contributed by atoms with Crippen LogP contribution in [0.2, 0.25) is 0 Å². The molecule has 0 unspecified atom stereocenters. The number of thioether (sulfide) groups is 1. The fourth-order valence-electron chi connectivity index (χ4n) is 3.56. The zero-order chi connectivity index (χ0) is 17.0. The van der Waals surface area contributed by atoms with Gasteiger partial charge in [0.1, 0.15) is 5.75 Å². The maximum atomic E-state index is 12.9. The molecule has 2 fully saturated rings. The second kappa shape index (κ2) is 7.47. The predicted molar refractivity (Wildman–Crippen MR) is 93.8 cm³/mol. The molecule has 24 heavy (non-hydrogen) atoms. The Balaban J connectivity index is 1.69. The summed E-state index contributed by atoms with van der Waals surface area (Å²) in [5, 5.41) is 8.70. The summed E-state index contributed by atoms with van der Waals surface area (Å²) in [6.45, 7) is 1.18. The summed E-state index contributed by atoms with van der Waals surface area (Å²) in [5.41, 5.74) is 0.566. The SMILES string of the molecule is O=C(O)COc1cccc(C(=O)N2CCSC3(CCCCC3)C2)c1. The van der Waals surface area contributed by atoms with Gasteiger partial charge in [-0.3, -0.25) is 4.79 Å². The van der Waals surface area contributed by atoms with Gasteiger partial charge in [0, 0.05) is 29.2 Å². The van der Waals surface area contributed by atoms with Crippen molar-refractivity contribution < 1.29 is 19.4 Å². The topological polar surface area (TPSA) is 66.8 Å². The van der Waals surface area contributed by atoms with E-state index in [1.54, 1.807) is 24.3 Å². The third kappa shape index (κ3) is 4.04. The Bertz CT molecular complexity index is 607. The van der Waals surface area contributed by atoms with Gasteiger partial charge >= 0.3 is 5.97 Å². The van der Waals surface area contributed by atoms with E-state index in [9.17, 15) is 9.59 Å². The van der Waals surface area contributed by atoms with Crippen LogP contribution in [0, 0.1) is 0 Å².